The van der Waals surface area contributed by atoms with Crippen molar-refractivity contribution < 1.29 is 0 Å². The number of nitrogens with zero attached hydrogens (tertiary/aromatic N) is 4. The first kappa shape index (κ1) is 16.8. The minimum absolute atomic E-state index is 0.523. The maximum atomic E-state index is 4.66. The van der Waals surface area contributed by atoms with Crippen molar-refractivity contribution in [2.45, 2.75) is 6.92 Å². The number of fused-ring (bicyclic) bond motifs is 1. The van der Waals surface area contributed by atoms with Gasteiger partial charge in [-0.1, -0.05) is 42.0 Å². The highest BCUT2D eigenvalue weighted by atomic mass is 15.3. The molecule has 0 saturated heterocycles. The van der Waals surface area contributed by atoms with E-state index in [1.807, 2.05) is 47.1 Å². The van der Waals surface area contributed by atoms with Crippen LogP contribution in [0.1, 0.15) is 5.56 Å². The summed E-state index contributed by atoms with van der Waals surface area (Å²) in [7, 11) is 0. The Hall–Kier alpha value is -3.67. The molecule has 6 nitrogen and oxygen atoms in total. The van der Waals surface area contributed by atoms with Gasteiger partial charge in [0.05, 0.1) is 17.3 Å². The predicted molar refractivity (Wildman–Crippen MR) is 110 cm³/mol. The van der Waals surface area contributed by atoms with Gasteiger partial charge in [0.25, 0.3) is 0 Å². The van der Waals surface area contributed by atoms with Crippen molar-refractivity contribution in [3.8, 4) is 5.69 Å². The topological polar surface area (TPSA) is 67.7 Å². The lowest BCUT2D eigenvalue weighted by Crippen LogP contribution is -2.07. The van der Waals surface area contributed by atoms with Gasteiger partial charge in [-0.3, -0.25) is 0 Å². The van der Waals surface area contributed by atoms with E-state index in [0.29, 0.717) is 18.3 Å². The number of benzene rings is 2. The zero-order chi connectivity index (χ0) is 18.6. The molecule has 2 aromatic carbocycles. The summed E-state index contributed by atoms with van der Waals surface area (Å²) in [4.78, 5) is 9.28. The van der Waals surface area contributed by atoms with Gasteiger partial charge in [-0.05, 0) is 31.2 Å². The second-order valence-electron chi connectivity index (χ2n) is 6.19. The summed E-state index contributed by atoms with van der Waals surface area (Å²) in [6.45, 7) is 6.38. The van der Waals surface area contributed by atoms with Gasteiger partial charge >= 0.3 is 0 Å². The molecule has 0 amide bonds. The van der Waals surface area contributed by atoms with Gasteiger partial charge in [-0.25, -0.2) is 4.68 Å². The summed E-state index contributed by atoms with van der Waals surface area (Å²) < 4.78 is 1.82. The number of hydrogen-bond acceptors (Lipinski definition) is 5. The highest BCUT2D eigenvalue weighted by molar-refractivity contribution is 5.90. The van der Waals surface area contributed by atoms with E-state index in [9.17, 15) is 0 Å². The smallest absolute Gasteiger partial charge is 0.226 e. The molecule has 4 aromatic rings. The van der Waals surface area contributed by atoms with Crippen LogP contribution in [-0.4, -0.2) is 26.3 Å². The Morgan fingerprint density at radius 3 is 2.56 bits per heavy atom. The number of hydrogen-bond donors (Lipinski definition) is 2. The average Bonchev–Trinajstić information content (AvgIpc) is 3.13. The third kappa shape index (κ3) is 3.50. The number of nitrogens with one attached hydrogen (secondary N) is 2. The van der Waals surface area contributed by atoms with Crippen LogP contribution in [0.4, 0.5) is 17.5 Å². The molecule has 6 heteroatoms. The van der Waals surface area contributed by atoms with E-state index >= 15 is 0 Å². The molecular weight excluding hydrogens is 336 g/mol. The molecular formula is C21H20N6. The van der Waals surface area contributed by atoms with E-state index in [1.165, 1.54) is 5.56 Å². The molecule has 0 spiro atoms. The summed E-state index contributed by atoms with van der Waals surface area (Å²) >= 11 is 0. The Kier molecular flexibility index (Phi) is 4.53. The first-order valence-corrected chi connectivity index (χ1v) is 8.74. The number of aryl methyl sites for hydroxylation is 1. The molecule has 0 saturated carbocycles. The van der Waals surface area contributed by atoms with E-state index in [1.54, 1.807) is 12.3 Å². The number of anilines is 3. The molecule has 4 rings (SSSR count). The van der Waals surface area contributed by atoms with E-state index < -0.39 is 0 Å². The van der Waals surface area contributed by atoms with Crippen LogP contribution >= 0.6 is 0 Å². The van der Waals surface area contributed by atoms with E-state index in [4.69, 9.17) is 0 Å². The molecule has 27 heavy (non-hydrogen) atoms. The van der Waals surface area contributed by atoms with Gasteiger partial charge in [0, 0.05) is 12.2 Å². The SMILES string of the molecule is C=CCNc1nc(Nc2ccc(C)cc2)c2cnn(-c3ccccc3)c2n1. The Bertz CT molecular complexity index is 1070. The molecule has 0 aliphatic carbocycles. The molecule has 0 unspecified atom stereocenters. The van der Waals surface area contributed by atoms with Gasteiger partial charge in [0.1, 0.15) is 5.82 Å². The van der Waals surface area contributed by atoms with Crippen LogP contribution in [0.2, 0.25) is 0 Å². The van der Waals surface area contributed by atoms with Gasteiger partial charge in [-0.2, -0.15) is 15.1 Å². The zero-order valence-electron chi connectivity index (χ0n) is 15.1. The summed E-state index contributed by atoms with van der Waals surface area (Å²) in [6, 6.07) is 18.1. The lowest BCUT2D eigenvalue weighted by Gasteiger charge is -2.10. The quantitative estimate of drug-likeness (QED) is 0.499. The zero-order valence-corrected chi connectivity index (χ0v) is 15.1. The van der Waals surface area contributed by atoms with Crippen molar-refractivity contribution >= 4 is 28.5 Å². The van der Waals surface area contributed by atoms with Crippen LogP contribution in [0.25, 0.3) is 16.7 Å². The molecule has 0 radical (unpaired) electrons. The van der Waals surface area contributed by atoms with Crippen LogP contribution in [0.15, 0.2) is 73.4 Å². The average molecular weight is 356 g/mol. The van der Waals surface area contributed by atoms with Crippen LogP contribution in [-0.2, 0) is 0 Å². The van der Waals surface area contributed by atoms with Crippen LogP contribution in [0.3, 0.4) is 0 Å². The Morgan fingerprint density at radius 2 is 1.81 bits per heavy atom. The first-order valence-electron chi connectivity index (χ1n) is 8.74. The number of rotatable bonds is 6. The molecule has 2 aromatic heterocycles. The van der Waals surface area contributed by atoms with E-state index in [-0.39, 0.29) is 0 Å². The molecule has 2 heterocycles. The van der Waals surface area contributed by atoms with Crippen LogP contribution < -0.4 is 10.6 Å². The third-order valence-corrected chi connectivity index (χ3v) is 4.15. The fourth-order valence-corrected chi connectivity index (χ4v) is 2.78. The lowest BCUT2D eigenvalue weighted by atomic mass is 10.2. The van der Waals surface area contributed by atoms with Gasteiger partial charge in [0.15, 0.2) is 5.65 Å². The van der Waals surface area contributed by atoms with Crippen molar-refractivity contribution in [3.05, 3.63) is 79.0 Å². The molecule has 0 fully saturated rings. The van der Waals surface area contributed by atoms with Crippen molar-refractivity contribution in [1.82, 2.24) is 19.7 Å². The monoisotopic (exact) mass is 356 g/mol. The van der Waals surface area contributed by atoms with Gasteiger partial charge in [-0.15, -0.1) is 6.58 Å². The van der Waals surface area contributed by atoms with Crippen molar-refractivity contribution in [3.63, 3.8) is 0 Å². The molecule has 0 aliphatic rings. The third-order valence-electron chi connectivity index (χ3n) is 4.15. The minimum atomic E-state index is 0.523. The number of aromatic nitrogens is 4. The summed E-state index contributed by atoms with van der Waals surface area (Å²) in [5.41, 5.74) is 3.85. The van der Waals surface area contributed by atoms with Gasteiger partial charge in [0.2, 0.25) is 5.95 Å². The normalized spacial score (nSPS) is 10.7. The Morgan fingerprint density at radius 1 is 1.04 bits per heavy atom. The lowest BCUT2D eigenvalue weighted by molar-refractivity contribution is 0.895. The first-order chi connectivity index (χ1) is 13.2. The maximum Gasteiger partial charge on any atom is 0.226 e. The molecule has 134 valence electrons. The van der Waals surface area contributed by atoms with Crippen molar-refractivity contribution in [2.75, 3.05) is 17.2 Å². The van der Waals surface area contributed by atoms with Crippen LogP contribution in [0, 0.1) is 6.92 Å². The number of para-hydroxylation sites is 1. The summed E-state index contributed by atoms with van der Waals surface area (Å²) in [5, 5.41) is 11.9. The summed E-state index contributed by atoms with van der Waals surface area (Å²) in [5.74, 6) is 1.23. The van der Waals surface area contributed by atoms with Crippen molar-refractivity contribution in [1.29, 1.82) is 0 Å². The van der Waals surface area contributed by atoms with Gasteiger partial charge < -0.3 is 10.6 Å². The minimum Gasteiger partial charge on any atom is -0.351 e. The van der Waals surface area contributed by atoms with E-state index in [0.717, 1.165) is 22.4 Å². The highest BCUT2D eigenvalue weighted by Crippen LogP contribution is 2.27. The predicted octanol–water partition coefficient (Wildman–Crippen LogP) is 4.47. The molecule has 0 atom stereocenters. The summed E-state index contributed by atoms with van der Waals surface area (Å²) in [6.07, 6.45) is 3.56. The fraction of sp³-hybridized carbons (Fsp3) is 0.0952. The maximum absolute atomic E-state index is 4.66. The second kappa shape index (κ2) is 7.29. The molecule has 0 aliphatic heterocycles. The largest absolute Gasteiger partial charge is 0.351 e. The standard InChI is InChI=1S/C21H20N6/c1-3-13-22-21-25-19(24-16-11-9-15(2)10-12-16)18-14-23-27(20(18)26-21)17-7-5-4-6-8-17/h3-12,14H,1,13H2,2H3,(H2,22,24,25,26). The Labute approximate surface area is 157 Å². The molecule has 0 bridgehead atoms. The Balaban J connectivity index is 1.82. The highest BCUT2D eigenvalue weighted by Gasteiger charge is 2.14. The van der Waals surface area contributed by atoms with Crippen molar-refractivity contribution in [2.24, 2.45) is 0 Å². The second-order valence-corrected chi connectivity index (χ2v) is 6.19. The fourth-order valence-electron chi connectivity index (χ4n) is 2.78. The molecule has 2 N–H and O–H groups in total. The van der Waals surface area contributed by atoms with Crippen LogP contribution in [0.5, 0.6) is 0 Å². The van der Waals surface area contributed by atoms with E-state index in [2.05, 4.69) is 51.3 Å².